The number of piperidine rings is 1. The lowest BCUT2D eigenvalue weighted by Crippen LogP contribution is -2.56. The average molecular weight is 259 g/mol. The molecule has 1 aromatic carbocycles. The van der Waals surface area contributed by atoms with E-state index >= 15 is 0 Å². The number of hydrogen-bond acceptors (Lipinski definition) is 2. The highest BCUT2D eigenvalue weighted by Gasteiger charge is 2.45. The second-order valence-corrected chi connectivity index (χ2v) is 7.15. The second kappa shape index (κ2) is 4.07. The predicted octanol–water partition coefficient (Wildman–Crippen LogP) is 2.73. The van der Waals surface area contributed by atoms with E-state index in [9.17, 15) is 5.11 Å². The summed E-state index contributed by atoms with van der Waals surface area (Å²) in [7, 11) is 0. The van der Waals surface area contributed by atoms with Crippen LogP contribution in [0.4, 0.5) is 0 Å². The van der Waals surface area contributed by atoms with Crippen molar-refractivity contribution in [1.29, 1.82) is 0 Å². The van der Waals surface area contributed by atoms with Gasteiger partial charge in [0.15, 0.2) is 0 Å². The van der Waals surface area contributed by atoms with Gasteiger partial charge in [-0.15, -0.1) is 0 Å². The van der Waals surface area contributed by atoms with Crippen LogP contribution in [0.1, 0.15) is 50.8 Å². The fraction of sp³-hybridized carbons (Fsp3) is 0.647. The smallest absolute Gasteiger partial charge is 0.0840 e. The third-order valence-corrected chi connectivity index (χ3v) is 5.53. The topological polar surface area (TPSA) is 32.3 Å². The van der Waals surface area contributed by atoms with Crippen molar-refractivity contribution >= 4 is 0 Å². The van der Waals surface area contributed by atoms with E-state index in [1.165, 1.54) is 17.5 Å². The SMILES string of the molecule is C[C@@H]1[C@H]2Cc3ccc(C(C)(C)O)cc3[C@]1(C)CCN2. The van der Waals surface area contributed by atoms with Gasteiger partial charge < -0.3 is 10.4 Å². The lowest BCUT2D eigenvalue weighted by atomic mass is 9.59. The Bertz CT molecular complexity index is 502. The molecule has 2 N–H and O–H groups in total. The molecule has 2 heteroatoms. The first-order valence-electron chi connectivity index (χ1n) is 7.42. The van der Waals surface area contributed by atoms with Crippen molar-refractivity contribution < 1.29 is 5.11 Å². The molecule has 1 heterocycles. The maximum absolute atomic E-state index is 10.3. The van der Waals surface area contributed by atoms with Gasteiger partial charge in [-0.05, 0) is 61.3 Å². The largest absolute Gasteiger partial charge is 0.386 e. The van der Waals surface area contributed by atoms with Crippen LogP contribution in [0.2, 0.25) is 0 Å². The van der Waals surface area contributed by atoms with Crippen LogP contribution in [0, 0.1) is 5.92 Å². The zero-order chi connectivity index (χ0) is 13.8. The van der Waals surface area contributed by atoms with Crippen molar-refractivity contribution in [3.63, 3.8) is 0 Å². The van der Waals surface area contributed by atoms with Gasteiger partial charge in [0.2, 0.25) is 0 Å². The van der Waals surface area contributed by atoms with Gasteiger partial charge in [-0.25, -0.2) is 0 Å². The molecular weight excluding hydrogens is 234 g/mol. The minimum atomic E-state index is -0.752. The van der Waals surface area contributed by atoms with Gasteiger partial charge in [0.1, 0.15) is 0 Å². The highest BCUT2D eigenvalue weighted by atomic mass is 16.3. The molecule has 0 amide bonds. The summed E-state index contributed by atoms with van der Waals surface area (Å²) in [5.41, 5.74) is 3.48. The Kier molecular flexibility index (Phi) is 2.81. The Labute approximate surface area is 116 Å². The van der Waals surface area contributed by atoms with E-state index in [0.29, 0.717) is 12.0 Å². The number of hydrogen-bond donors (Lipinski definition) is 2. The summed E-state index contributed by atoms with van der Waals surface area (Å²) < 4.78 is 0. The maximum Gasteiger partial charge on any atom is 0.0840 e. The molecule has 19 heavy (non-hydrogen) atoms. The van der Waals surface area contributed by atoms with E-state index < -0.39 is 5.60 Å². The lowest BCUT2D eigenvalue weighted by molar-refractivity contribution is 0.0779. The maximum atomic E-state index is 10.3. The van der Waals surface area contributed by atoms with E-state index in [1.807, 2.05) is 13.8 Å². The second-order valence-electron chi connectivity index (χ2n) is 7.15. The highest BCUT2D eigenvalue weighted by molar-refractivity contribution is 5.43. The molecule has 2 nitrogen and oxygen atoms in total. The molecule has 1 aliphatic heterocycles. The molecule has 3 rings (SSSR count). The van der Waals surface area contributed by atoms with Crippen molar-refractivity contribution in [2.75, 3.05) is 6.54 Å². The summed E-state index contributed by atoms with van der Waals surface area (Å²) in [6.45, 7) is 9.62. The summed E-state index contributed by atoms with van der Waals surface area (Å²) in [6, 6.07) is 7.19. The minimum absolute atomic E-state index is 0.255. The molecule has 1 aromatic rings. The summed E-state index contributed by atoms with van der Waals surface area (Å²) in [5, 5.41) is 13.9. The van der Waals surface area contributed by atoms with Crippen LogP contribution in [-0.4, -0.2) is 17.7 Å². The molecule has 104 valence electrons. The summed E-state index contributed by atoms with van der Waals surface area (Å²) in [6.07, 6.45) is 2.31. The molecule has 3 atom stereocenters. The summed E-state index contributed by atoms with van der Waals surface area (Å²) >= 11 is 0. The van der Waals surface area contributed by atoms with Crippen LogP contribution >= 0.6 is 0 Å². The average Bonchev–Trinajstić information content (AvgIpc) is 2.32. The minimum Gasteiger partial charge on any atom is -0.386 e. The van der Waals surface area contributed by atoms with Crippen molar-refractivity contribution in [3.05, 3.63) is 34.9 Å². The molecule has 1 fully saturated rings. The van der Waals surface area contributed by atoms with Gasteiger partial charge in [-0.3, -0.25) is 0 Å². The molecule has 0 saturated carbocycles. The highest BCUT2D eigenvalue weighted by Crippen LogP contribution is 2.46. The molecule has 0 spiro atoms. The first-order valence-corrected chi connectivity index (χ1v) is 7.42. The quantitative estimate of drug-likeness (QED) is 0.813. The predicted molar refractivity (Wildman–Crippen MR) is 78.3 cm³/mol. The van der Waals surface area contributed by atoms with Crippen molar-refractivity contribution in [2.45, 2.75) is 57.6 Å². The van der Waals surface area contributed by atoms with Gasteiger partial charge in [-0.2, -0.15) is 0 Å². The lowest BCUT2D eigenvalue weighted by Gasteiger charge is -2.50. The van der Waals surface area contributed by atoms with E-state index in [1.54, 1.807) is 0 Å². The zero-order valence-corrected chi connectivity index (χ0v) is 12.5. The van der Waals surface area contributed by atoms with E-state index in [4.69, 9.17) is 0 Å². The number of rotatable bonds is 1. The number of aliphatic hydroxyl groups is 1. The first-order chi connectivity index (χ1) is 8.82. The monoisotopic (exact) mass is 259 g/mol. The van der Waals surface area contributed by atoms with Crippen molar-refractivity contribution in [1.82, 2.24) is 5.32 Å². The molecule has 0 radical (unpaired) electrons. The Hall–Kier alpha value is -0.860. The van der Waals surface area contributed by atoms with Crippen LogP contribution < -0.4 is 5.32 Å². The van der Waals surface area contributed by atoms with Crippen LogP contribution in [0.25, 0.3) is 0 Å². The summed E-state index contributed by atoms with van der Waals surface area (Å²) in [4.78, 5) is 0. The van der Waals surface area contributed by atoms with Crippen molar-refractivity contribution in [3.8, 4) is 0 Å². The molecule has 1 saturated heterocycles. The Morgan fingerprint density at radius 1 is 1.37 bits per heavy atom. The van der Waals surface area contributed by atoms with E-state index in [-0.39, 0.29) is 5.41 Å². The molecule has 0 unspecified atom stereocenters. The van der Waals surface area contributed by atoms with E-state index in [2.05, 4.69) is 37.4 Å². The van der Waals surface area contributed by atoms with Gasteiger partial charge >= 0.3 is 0 Å². The fourth-order valence-electron chi connectivity index (χ4n) is 3.90. The number of fused-ring (bicyclic) bond motifs is 4. The third-order valence-electron chi connectivity index (χ3n) is 5.53. The standard InChI is InChI=1S/C17H25NO/c1-11-15-9-12-5-6-13(16(2,3)19)10-14(12)17(11,4)7-8-18-15/h5-6,10-11,15,18-19H,7-9H2,1-4H3/t11-,15-,17-/m1/s1. The van der Waals surface area contributed by atoms with Gasteiger partial charge in [0, 0.05) is 6.04 Å². The summed E-state index contributed by atoms with van der Waals surface area (Å²) in [5.74, 6) is 0.658. The zero-order valence-electron chi connectivity index (χ0n) is 12.5. The Morgan fingerprint density at radius 3 is 2.79 bits per heavy atom. The molecule has 2 aliphatic rings. The van der Waals surface area contributed by atoms with Gasteiger partial charge in [0.05, 0.1) is 5.60 Å². The number of nitrogens with one attached hydrogen (secondary N) is 1. The molecular formula is C17H25NO. The van der Waals surface area contributed by atoms with Crippen molar-refractivity contribution in [2.24, 2.45) is 5.92 Å². The fourth-order valence-corrected chi connectivity index (χ4v) is 3.90. The van der Waals surface area contributed by atoms with Crippen LogP contribution in [0.3, 0.4) is 0 Å². The first kappa shape index (κ1) is 13.1. The third kappa shape index (κ3) is 1.93. The Morgan fingerprint density at radius 2 is 2.11 bits per heavy atom. The molecule has 1 aliphatic carbocycles. The number of benzene rings is 1. The van der Waals surface area contributed by atoms with Crippen LogP contribution in [0.15, 0.2) is 18.2 Å². The molecule has 2 bridgehead atoms. The van der Waals surface area contributed by atoms with Crippen LogP contribution in [0.5, 0.6) is 0 Å². The normalized spacial score (nSPS) is 33.9. The van der Waals surface area contributed by atoms with Gasteiger partial charge in [-0.1, -0.05) is 32.0 Å². The van der Waals surface area contributed by atoms with Crippen LogP contribution in [-0.2, 0) is 17.4 Å². The Balaban J connectivity index is 2.14. The van der Waals surface area contributed by atoms with E-state index in [0.717, 1.165) is 18.5 Å². The van der Waals surface area contributed by atoms with Gasteiger partial charge in [0.25, 0.3) is 0 Å². The molecule has 0 aromatic heterocycles.